The molecule has 4 rings (SSSR count). The molecule has 30 heavy (non-hydrogen) atoms. The van der Waals surface area contributed by atoms with Crippen molar-refractivity contribution in [3.63, 3.8) is 0 Å². The Morgan fingerprint density at radius 2 is 1.93 bits per heavy atom. The third-order valence-electron chi connectivity index (χ3n) is 5.05. The maximum absolute atomic E-state index is 12.5. The molecule has 1 amide bonds. The van der Waals surface area contributed by atoms with E-state index < -0.39 is 0 Å². The Balaban J connectivity index is 1.59. The number of hydrogen-bond acceptors (Lipinski definition) is 4. The summed E-state index contributed by atoms with van der Waals surface area (Å²) >= 11 is 13.9. The summed E-state index contributed by atoms with van der Waals surface area (Å²) in [6.45, 7) is 1.41. The van der Waals surface area contributed by atoms with Gasteiger partial charge in [0.2, 0.25) is 5.91 Å². The molecule has 0 unspecified atom stereocenters. The Morgan fingerprint density at radius 1 is 1.17 bits per heavy atom. The number of halogens is 2. The number of nitrogens with zero attached hydrogens (tertiary/aromatic N) is 4. The van der Waals surface area contributed by atoms with Gasteiger partial charge >= 0.3 is 0 Å². The van der Waals surface area contributed by atoms with Gasteiger partial charge in [0.25, 0.3) is 0 Å². The van der Waals surface area contributed by atoms with E-state index in [1.165, 1.54) is 24.6 Å². The molecule has 2 aromatic carbocycles. The van der Waals surface area contributed by atoms with Gasteiger partial charge in [-0.3, -0.25) is 9.36 Å². The van der Waals surface area contributed by atoms with Crippen LogP contribution in [0.4, 0.5) is 0 Å². The van der Waals surface area contributed by atoms with Crippen molar-refractivity contribution >= 4 is 40.9 Å². The average Bonchev–Trinajstić information content (AvgIpc) is 3.47. The van der Waals surface area contributed by atoms with Crippen LogP contribution in [0.5, 0.6) is 0 Å². The van der Waals surface area contributed by atoms with Gasteiger partial charge in [0.15, 0.2) is 11.0 Å². The molecule has 0 aliphatic heterocycles. The summed E-state index contributed by atoms with van der Waals surface area (Å²) < 4.78 is 2.00. The molecule has 1 aliphatic carbocycles. The number of carbonyl (C=O) groups is 1. The number of hydrogen-bond donors (Lipinski definition) is 0. The molecule has 1 saturated carbocycles. The molecular weight excluding hydrogens is 439 g/mol. The van der Waals surface area contributed by atoms with Crippen LogP contribution in [0.2, 0.25) is 10.0 Å². The number of rotatable bonds is 8. The van der Waals surface area contributed by atoms with Gasteiger partial charge in [0.1, 0.15) is 0 Å². The van der Waals surface area contributed by atoms with Crippen LogP contribution in [-0.4, -0.2) is 44.9 Å². The predicted octanol–water partition coefficient (Wildman–Crippen LogP) is 5.26. The zero-order chi connectivity index (χ0) is 21.1. The van der Waals surface area contributed by atoms with Crippen molar-refractivity contribution in [2.45, 2.75) is 24.5 Å². The van der Waals surface area contributed by atoms with Crippen LogP contribution < -0.4 is 0 Å². The molecule has 3 aromatic rings. The fourth-order valence-corrected chi connectivity index (χ4v) is 4.57. The summed E-state index contributed by atoms with van der Waals surface area (Å²) in [5.74, 6) is 1.75. The minimum absolute atomic E-state index is 0.104. The zero-order valence-electron chi connectivity index (χ0n) is 16.6. The minimum atomic E-state index is 0.104. The molecule has 5 nitrogen and oxygen atoms in total. The molecule has 1 aliphatic rings. The molecule has 156 valence electrons. The van der Waals surface area contributed by atoms with E-state index in [0.29, 0.717) is 39.2 Å². The van der Waals surface area contributed by atoms with E-state index in [1.807, 2.05) is 40.8 Å². The van der Waals surface area contributed by atoms with Crippen LogP contribution in [-0.2, 0) is 11.3 Å². The van der Waals surface area contributed by atoms with E-state index in [2.05, 4.69) is 22.3 Å². The van der Waals surface area contributed by atoms with Gasteiger partial charge in [-0.2, -0.15) is 0 Å². The van der Waals surface area contributed by atoms with Crippen molar-refractivity contribution in [1.82, 2.24) is 19.7 Å². The summed E-state index contributed by atoms with van der Waals surface area (Å²) in [4.78, 5) is 14.3. The van der Waals surface area contributed by atoms with Gasteiger partial charge in [-0.25, -0.2) is 0 Å². The molecule has 1 aromatic heterocycles. The summed E-state index contributed by atoms with van der Waals surface area (Å²) in [6.07, 6.45) is 2.45. The van der Waals surface area contributed by atoms with E-state index in [0.717, 1.165) is 17.7 Å². The normalized spacial score (nSPS) is 13.4. The van der Waals surface area contributed by atoms with E-state index in [4.69, 9.17) is 23.2 Å². The third kappa shape index (κ3) is 5.17. The Labute approximate surface area is 190 Å². The van der Waals surface area contributed by atoms with E-state index in [9.17, 15) is 4.79 Å². The van der Waals surface area contributed by atoms with Gasteiger partial charge < -0.3 is 4.90 Å². The molecule has 0 spiro atoms. The van der Waals surface area contributed by atoms with E-state index in [1.54, 1.807) is 12.1 Å². The van der Waals surface area contributed by atoms with Crippen LogP contribution in [0.25, 0.3) is 11.4 Å². The summed E-state index contributed by atoms with van der Waals surface area (Å²) in [7, 11) is 1.87. The Morgan fingerprint density at radius 3 is 2.63 bits per heavy atom. The number of aromatic nitrogens is 3. The van der Waals surface area contributed by atoms with Crippen LogP contribution in [0.15, 0.2) is 53.7 Å². The summed E-state index contributed by atoms with van der Waals surface area (Å²) in [6, 6.07) is 15.4. The molecule has 0 radical (unpaired) electrons. The lowest BCUT2D eigenvalue weighted by atomic mass is 10.2. The topological polar surface area (TPSA) is 51.0 Å². The Hall–Kier alpha value is -2.02. The van der Waals surface area contributed by atoms with Gasteiger partial charge in [-0.15, -0.1) is 10.2 Å². The van der Waals surface area contributed by atoms with Crippen molar-refractivity contribution < 1.29 is 4.79 Å². The molecule has 0 saturated heterocycles. The van der Waals surface area contributed by atoms with E-state index >= 15 is 0 Å². The quantitative estimate of drug-likeness (QED) is 0.430. The van der Waals surface area contributed by atoms with Crippen molar-refractivity contribution in [1.29, 1.82) is 0 Å². The standard InChI is InChI=1S/C22H22Cl2N4OS/c1-27(12-16-7-8-16)20(29)14-30-22-26-25-21(18-10-9-17(23)11-19(18)24)28(22)13-15-5-3-2-4-6-15/h2-6,9-11,16H,7-8,12-14H2,1H3. The lowest BCUT2D eigenvalue weighted by molar-refractivity contribution is -0.127. The van der Waals surface area contributed by atoms with Gasteiger partial charge in [-0.1, -0.05) is 65.3 Å². The van der Waals surface area contributed by atoms with Crippen molar-refractivity contribution in [2.75, 3.05) is 19.3 Å². The first-order valence-electron chi connectivity index (χ1n) is 9.80. The fourth-order valence-electron chi connectivity index (χ4n) is 3.20. The summed E-state index contributed by atoms with van der Waals surface area (Å²) in [5.41, 5.74) is 1.87. The summed E-state index contributed by atoms with van der Waals surface area (Å²) in [5, 5.41) is 10.5. The van der Waals surface area contributed by atoms with Crippen LogP contribution in [0.1, 0.15) is 18.4 Å². The van der Waals surface area contributed by atoms with Gasteiger partial charge in [-0.05, 0) is 42.5 Å². The first kappa shape index (κ1) is 21.2. The van der Waals surface area contributed by atoms with Crippen LogP contribution >= 0.6 is 35.0 Å². The maximum Gasteiger partial charge on any atom is 0.232 e. The van der Waals surface area contributed by atoms with Crippen LogP contribution in [0.3, 0.4) is 0 Å². The minimum Gasteiger partial charge on any atom is -0.345 e. The molecule has 0 bridgehead atoms. The van der Waals surface area contributed by atoms with Gasteiger partial charge in [0.05, 0.1) is 17.3 Å². The number of benzene rings is 2. The third-order valence-corrected chi connectivity index (χ3v) is 6.55. The average molecular weight is 461 g/mol. The highest BCUT2D eigenvalue weighted by molar-refractivity contribution is 7.99. The predicted molar refractivity (Wildman–Crippen MR) is 122 cm³/mol. The molecule has 0 N–H and O–H groups in total. The second-order valence-electron chi connectivity index (χ2n) is 7.51. The number of amides is 1. The Kier molecular flexibility index (Phi) is 6.66. The molecule has 1 fully saturated rings. The lowest BCUT2D eigenvalue weighted by Gasteiger charge is -2.16. The van der Waals surface area contributed by atoms with Crippen molar-refractivity contribution in [3.05, 3.63) is 64.1 Å². The lowest BCUT2D eigenvalue weighted by Crippen LogP contribution is -2.30. The zero-order valence-corrected chi connectivity index (χ0v) is 18.9. The highest BCUT2D eigenvalue weighted by Crippen LogP contribution is 2.32. The first-order valence-corrected chi connectivity index (χ1v) is 11.5. The SMILES string of the molecule is CN(CC1CC1)C(=O)CSc1nnc(-c2ccc(Cl)cc2Cl)n1Cc1ccccc1. The second kappa shape index (κ2) is 9.41. The maximum atomic E-state index is 12.5. The monoisotopic (exact) mass is 460 g/mol. The first-order chi connectivity index (χ1) is 14.5. The molecule has 0 atom stereocenters. The number of thioether (sulfide) groups is 1. The Bertz CT molecular complexity index is 1040. The molecule has 8 heteroatoms. The molecule has 1 heterocycles. The fraction of sp³-hybridized carbons (Fsp3) is 0.318. The smallest absolute Gasteiger partial charge is 0.232 e. The highest BCUT2D eigenvalue weighted by atomic mass is 35.5. The van der Waals surface area contributed by atoms with Crippen molar-refractivity contribution in [3.8, 4) is 11.4 Å². The van der Waals surface area contributed by atoms with E-state index in [-0.39, 0.29) is 5.91 Å². The van der Waals surface area contributed by atoms with Crippen LogP contribution in [0, 0.1) is 5.92 Å². The second-order valence-corrected chi connectivity index (χ2v) is 9.29. The number of carbonyl (C=O) groups excluding carboxylic acids is 1. The van der Waals surface area contributed by atoms with Crippen molar-refractivity contribution in [2.24, 2.45) is 5.92 Å². The molecular formula is C22H22Cl2N4OS. The highest BCUT2D eigenvalue weighted by Gasteiger charge is 2.25. The largest absolute Gasteiger partial charge is 0.345 e. The van der Waals surface area contributed by atoms with Gasteiger partial charge in [0, 0.05) is 24.2 Å².